The molecule has 0 aliphatic rings. The first-order valence-electron chi connectivity index (χ1n) is 5.98. The van der Waals surface area contributed by atoms with Gasteiger partial charge < -0.3 is 15.5 Å². The fourth-order valence-electron chi connectivity index (χ4n) is 1.30. The lowest BCUT2D eigenvalue weighted by Crippen LogP contribution is -2.14. The molecule has 0 spiro atoms. The predicted octanol–water partition coefficient (Wildman–Crippen LogP) is 2.62. The van der Waals surface area contributed by atoms with E-state index < -0.39 is 0 Å². The Morgan fingerprint density at radius 3 is 2.39 bits per heavy atom. The second-order valence-corrected chi connectivity index (χ2v) is 3.30. The minimum absolute atomic E-state index is 0.0312. The molecule has 0 bridgehead atoms. The fraction of sp³-hybridized carbons (Fsp3) is 0.357. The maximum Gasteiger partial charge on any atom is 0.319 e. The standard InChI is InChI=1S/C9H9N.C3H7NO2.C2H6/c1-7-6-10-9-5-3-2-4-8(7)9;1-6-3(5)2-4;1-2/h2-6,10H,1H3;2,4H2,1H3;1-2H3. The Morgan fingerprint density at radius 1 is 1.33 bits per heavy atom. The normalized spacial score (nSPS) is 8.72. The number of hydrogen-bond donors (Lipinski definition) is 2. The number of ether oxygens (including phenoxy) is 1. The van der Waals surface area contributed by atoms with E-state index in [4.69, 9.17) is 5.73 Å². The maximum absolute atomic E-state index is 9.83. The topological polar surface area (TPSA) is 68.1 Å². The van der Waals surface area contributed by atoms with Gasteiger partial charge in [0.15, 0.2) is 0 Å². The molecule has 1 heterocycles. The average Bonchev–Trinajstić information content (AvgIpc) is 2.83. The van der Waals surface area contributed by atoms with Crippen LogP contribution in [0, 0.1) is 6.92 Å². The van der Waals surface area contributed by atoms with E-state index in [9.17, 15) is 4.79 Å². The van der Waals surface area contributed by atoms with E-state index in [0.717, 1.165) is 0 Å². The smallest absolute Gasteiger partial charge is 0.319 e. The maximum atomic E-state index is 9.83. The molecule has 0 amide bonds. The van der Waals surface area contributed by atoms with Crippen LogP contribution in [0.1, 0.15) is 19.4 Å². The largest absolute Gasteiger partial charge is 0.468 e. The minimum atomic E-state index is -0.380. The SMILES string of the molecule is CC.COC(=O)CN.Cc1c[nH]c2ccccc12. The molecule has 0 fully saturated rings. The van der Waals surface area contributed by atoms with E-state index in [0.29, 0.717) is 0 Å². The summed E-state index contributed by atoms with van der Waals surface area (Å²) in [6.07, 6.45) is 2.03. The lowest BCUT2D eigenvalue weighted by molar-refractivity contribution is -0.138. The first kappa shape index (κ1) is 16.2. The van der Waals surface area contributed by atoms with Gasteiger partial charge in [0.25, 0.3) is 0 Å². The third-order valence-corrected chi connectivity index (χ3v) is 2.19. The Hall–Kier alpha value is -1.81. The van der Waals surface area contributed by atoms with Gasteiger partial charge in [0, 0.05) is 17.1 Å². The number of methoxy groups -OCH3 is 1. The summed E-state index contributed by atoms with van der Waals surface area (Å²) in [6, 6.07) is 8.31. The van der Waals surface area contributed by atoms with E-state index in [2.05, 4.69) is 34.8 Å². The zero-order valence-electron chi connectivity index (χ0n) is 11.5. The Morgan fingerprint density at radius 2 is 1.94 bits per heavy atom. The number of rotatable bonds is 1. The highest BCUT2D eigenvalue weighted by Gasteiger charge is 1.94. The molecule has 2 aromatic rings. The molecule has 0 saturated heterocycles. The number of benzene rings is 1. The molecule has 0 radical (unpaired) electrons. The van der Waals surface area contributed by atoms with Crippen LogP contribution in [0.2, 0.25) is 0 Å². The van der Waals surface area contributed by atoms with Crippen LogP contribution in [0.3, 0.4) is 0 Å². The van der Waals surface area contributed by atoms with Crippen molar-refractivity contribution in [3.8, 4) is 0 Å². The van der Waals surface area contributed by atoms with Crippen molar-refractivity contribution in [1.82, 2.24) is 4.98 Å². The molecule has 0 aliphatic carbocycles. The summed E-state index contributed by atoms with van der Waals surface area (Å²) in [6.45, 7) is 6.08. The molecule has 2 rings (SSSR count). The van der Waals surface area contributed by atoms with Gasteiger partial charge in [0.1, 0.15) is 0 Å². The van der Waals surface area contributed by atoms with Crippen LogP contribution in [-0.4, -0.2) is 24.6 Å². The molecular formula is C14H22N2O2. The van der Waals surface area contributed by atoms with E-state index in [1.807, 2.05) is 26.1 Å². The van der Waals surface area contributed by atoms with Crippen molar-refractivity contribution in [3.05, 3.63) is 36.0 Å². The van der Waals surface area contributed by atoms with Gasteiger partial charge >= 0.3 is 5.97 Å². The summed E-state index contributed by atoms with van der Waals surface area (Å²) in [4.78, 5) is 13.0. The molecule has 18 heavy (non-hydrogen) atoms. The minimum Gasteiger partial charge on any atom is -0.468 e. The van der Waals surface area contributed by atoms with Gasteiger partial charge in [-0.25, -0.2) is 0 Å². The number of fused-ring (bicyclic) bond motifs is 1. The lowest BCUT2D eigenvalue weighted by Gasteiger charge is -1.87. The first-order valence-corrected chi connectivity index (χ1v) is 5.98. The molecule has 0 unspecified atom stereocenters. The van der Waals surface area contributed by atoms with Crippen LogP contribution >= 0.6 is 0 Å². The number of H-pyrrole nitrogens is 1. The van der Waals surface area contributed by atoms with Crippen molar-refractivity contribution >= 4 is 16.9 Å². The molecule has 0 aliphatic heterocycles. The van der Waals surface area contributed by atoms with E-state index in [1.54, 1.807) is 0 Å². The highest BCUT2D eigenvalue weighted by atomic mass is 16.5. The van der Waals surface area contributed by atoms with Crippen molar-refractivity contribution in [3.63, 3.8) is 0 Å². The summed E-state index contributed by atoms with van der Waals surface area (Å²) in [5.74, 6) is -0.380. The monoisotopic (exact) mass is 250 g/mol. The molecule has 1 aromatic heterocycles. The summed E-state index contributed by atoms with van der Waals surface area (Å²) in [7, 11) is 1.30. The second-order valence-electron chi connectivity index (χ2n) is 3.30. The molecular weight excluding hydrogens is 228 g/mol. The molecule has 4 nitrogen and oxygen atoms in total. The Labute approximate surface area is 108 Å². The number of nitrogens with two attached hydrogens (primary N) is 1. The van der Waals surface area contributed by atoms with Gasteiger partial charge in [-0.1, -0.05) is 32.0 Å². The highest BCUT2D eigenvalue weighted by molar-refractivity contribution is 5.82. The Balaban J connectivity index is 0.000000315. The molecule has 0 atom stereocenters. The number of esters is 1. The van der Waals surface area contributed by atoms with Crippen LogP contribution in [0.25, 0.3) is 10.9 Å². The Kier molecular flexibility index (Phi) is 8.31. The summed E-state index contributed by atoms with van der Waals surface area (Å²) in [5, 5.41) is 1.32. The fourth-order valence-corrected chi connectivity index (χ4v) is 1.30. The third-order valence-electron chi connectivity index (χ3n) is 2.19. The van der Waals surface area contributed by atoms with Crippen LogP contribution in [0.15, 0.2) is 30.5 Å². The van der Waals surface area contributed by atoms with E-state index >= 15 is 0 Å². The van der Waals surface area contributed by atoms with Gasteiger partial charge in [-0.05, 0) is 18.6 Å². The summed E-state index contributed by atoms with van der Waals surface area (Å²) in [5.41, 5.74) is 7.35. The quantitative estimate of drug-likeness (QED) is 0.764. The lowest BCUT2D eigenvalue weighted by atomic mass is 10.2. The van der Waals surface area contributed by atoms with Crippen molar-refractivity contribution in [2.45, 2.75) is 20.8 Å². The third kappa shape index (κ3) is 5.01. The van der Waals surface area contributed by atoms with E-state index in [-0.39, 0.29) is 12.5 Å². The number of nitrogens with one attached hydrogen (secondary N) is 1. The van der Waals surface area contributed by atoms with Gasteiger partial charge in [-0.15, -0.1) is 0 Å². The summed E-state index contributed by atoms with van der Waals surface area (Å²) >= 11 is 0. The van der Waals surface area contributed by atoms with Crippen molar-refractivity contribution in [1.29, 1.82) is 0 Å². The number of carbonyl (C=O) groups is 1. The van der Waals surface area contributed by atoms with Crippen LogP contribution in [0.4, 0.5) is 0 Å². The molecule has 4 heteroatoms. The number of para-hydroxylation sites is 1. The van der Waals surface area contributed by atoms with Crippen molar-refractivity contribution in [2.24, 2.45) is 5.73 Å². The van der Waals surface area contributed by atoms with E-state index in [1.165, 1.54) is 23.6 Å². The van der Waals surface area contributed by atoms with Gasteiger partial charge in [-0.3, -0.25) is 4.79 Å². The van der Waals surface area contributed by atoms with Crippen LogP contribution in [-0.2, 0) is 9.53 Å². The Bertz CT molecular complexity index is 458. The summed E-state index contributed by atoms with van der Waals surface area (Å²) < 4.78 is 4.14. The van der Waals surface area contributed by atoms with Crippen molar-refractivity contribution < 1.29 is 9.53 Å². The number of aryl methyl sites for hydroxylation is 1. The second kappa shape index (κ2) is 9.24. The molecule has 3 N–H and O–H groups in total. The van der Waals surface area contributed by atoms with Crippen LogP contribution < -0.4 is 5.73 Å². The zero-order valence-corrected chi connectivity index (χ0v) is 11.5. The van der Waals surface area contributed by atoms with Gasteiger partial charge in [0.2, 0.25) is 0 Å². The number of aromatic nitrogens is 1. The van der Waals surface area contributed by atoms with Gasteiger partial charge in [-0.2, -0.15) is 0 Å². The number of hydrogen-bond acceptors (Lipinski definition) is 3. The number of carbonyl (C=O) groups excluding carboxylic acids is 1. The molecule has 100 valence electrons. The van der Waals surface area contributed by atoms with Crippen molar-refractivity contribution in [2.75, 3.05) is 13.7 Å². The highest BCUT2D eigenvalue weighted by Crippen LogP contribution is 2.15. The van der Waals surface area contributed by atoms with Crippen LogP contribution in [0.5, 0.6) is 0 Å². The average molecular weight is 250 g/mol. The predicted molar refractivity (Wildman–Crippen MR) is 75.5 cm³/mol. The first-order chi connectivity index (χ1) is 8.69. The molecule has 1 aromatic carbocycles. The number of aromatic amines is 1. The van der Waals surface area contributed by atoms with Gasteiger partial charge in [0.05, 0.1) is 13.7 Å². The zero-order chi connectivity index (χ0) is 14.0. The molecule has 0 saturated carbocycles.